The fourth-order valence-electron chi connectivity index (χ4n) is 5.26. The summed E-state index contributed by atoms with van der Waals surface area (Å²) in [5.74, 6) is 0.172. The van der Waals surface area contributed by atoms with Gasteiger partial charge in [-0.15, -0.1) is 0 Å². The summed E-state index contributed by atoms with van der Waals surface area (Å²) in [6.45, 7) is 1.33. The van der Waals surface area contributed by atoms with Gasteiger partial charge in [0.25, 0.3) is 5.91 Å². The van der Waals surface area contributed by atoms with Crippen LogP contribution in [0.1, 0.15) is 79.3 Å². The quantitative estimate of drug-likeness (QED) is 0.343. The maximum absolute atomic E-state index is 13.6. The molecule has 0 spiro atoms. The molecule has 1 amide bonds. The van der Waals surface area contributed by atoms with Gasteiger partial charge in [0.1, 0.15) is 11.4 Å². The Hall–Kier alpha value is -2.28. The maximum Gasteiger partial charge on any atom is 0.251 e. The number of likely N-dealkylation sites (N-methyl/N-ethyl adjacent to an activating group) is 1. The Morgan fingerprint density at radius 2 is 1.86 bits per heavy atom. The fourth-order valence-corrected chi connectivity index (χ4v) is 5.26. The summed E-state index contributed by atoms with van der Waals surface area (Å²) in [5.41, 5.74) is 0.431. The number of hydrogen-bond donors (Lipinski definition) is 3. The van der Waals surface area contributed by atoms with Crippen molar-refractivity contribution in [1.82, 2.24) is 10.6 Å². The van der Waals surface area contributed by atoms with Crippen LogP contribution in [0.4, 0.5) is 4.39 Å². The van der Waals surface area contributed by atoms with Crippen LogP contribution in [0.2, 0.25) is 0 Å². The average molecular weight is 485 g/mol. The Morgan fingerprint density at radius 3 is 2.54 bits per heavy atom. The summed E-state index contributed by atoms with van der Waals surface area (Å²) in [6.07, 6.45) is 9.28. The molecule has 0 aromatic heterocycles. The highest BCUT2D eigenvalue weighted by Crippen LogP contribution is 2.35. The highest BCUT2D eigenvalue weighted by Gasteiger charge is 2.32. The van der Waals surface area contributed by atoms with E-state index < -0.39 is 5.60 Å². The van der Waals surface area contributed by atoms with Crippen LogP contribution in [0.25, 0.3) is 0 Å². The maximum atomic E-state index is 13.6. The molecule has 2 atom stereocenters. The van der Waals surface area contributed by atoms with E-state index in [1.807, 2.05) is 19.2 Å². The van der Waals surface area contributed by atoms with Crippen LogP contribution < -0.4 is 10.6 Å². The molecule has 2 aromatic rings. The molecule has 0 bridgehead atoms. The molecule has 1 saturated carbocycles. The molecule has 3 N–H and O–H groups in total. The molecule has 2 unspecified atom stereocenters. The minimum Gasteiger partial charge on any atom is -0.385 e. The van der Waals surface area contributed by atoms with E-state index in [0.717, 1.165) is 25.8 Å². The van der Waals surface area contributed by atoms with Gasteiger partial charge in [-0.3, -0.25) is 4.79 Å². The van der Waals surface area contributed by atoms with E-state index in [2.05, 4.69) is 10.6 Å². The van der Waals surface area contributed by atoms with Gasteiger partial charge >= 0.3 is 0 Å². The van der Waals surface area contributed by atoms with Crippen molar-refractivity contribution in [3.05, 3.63) is 71.0 Å². The van der Waals surface area contributed by atoms with Gasteiger partial charge in [-0.25, -0.2) is 4.39 Å². The topological polar surface area (TPSA) is 70.6 Å². The molecule has 3 rings (SSSR count). The minimum absolute atomic E-state index is 0.0595. The molecule has 1 fully saturated rings. The first kappa shape index (κ1) is 27.3. The lowest BCUT2D eigenvalue weighted by atomic mass is 9.81. The molecular weight excluding hydrogens is 443 g/mol. The number of hydrogen-bond acceptors (Lipinski definition) is 4. The van der Waals surface area contributed by atoms with Crippen molar-refractivity contribution in [3.63, 3.8) is 0 Å². The van der Waals surface area contributed by atoms with Crippen molar-refractivity contribution in [2.45, 2.75) is 69.4 Å². The summed E-state index contributed by atoms with van der Waals surface area (Å²) < 4.78 is 18.8. The normalized spacial score (nSPS) is 17.0. The molecule has 35 heavy (non-hydrogen) atoms. The first-order chi connectivity index (χ1) is 17.0. The second-order valence-corrected chi connectivity index (χ2v) is 9.87. The van der Waals surface area contributed by atoms with Gasteiger partial charge in [-0.1, -0.05) is 56.4 Å². The molecule has 5 nitrogen and oxygen atoms in total. The Labute approximate surface area is 209 Å². The van der Waals surface area contributed by atoms with E-state index in [9.17, 15) is 14.3 Å². The molecule has 0 radical (unpaired) electrons. The zero-order valence-corrected chi connectivity index (χ0v) is 21.2. The number of nitrogens with one attached hydrogen (secondary N) is 2. The van der Waals surface area contributed by atoms with Crippen LogP contribution in [0.15, 0.2) is 48.5 Å². The molecule has 0 saturated heterocycles. The molecule has 0 aliphatic heterocycles. The van der Waals surface area contributed by atoms with Crippen molar-refractivity contribution in [2.75, 3.05) is 27.3 Å². The summed E-state index contributed by atoms with van der Waals surface area (Å²) >= 11 is 0. The number of halogens is 1. The van der Waals surface area contributed by atoms with Crippen LogP contribution in [0.5, 0.6) is 0 Å². The standard InChI is InChI=1S/C29H41FN2O3/c1-31-21-27(19-22-9-4-3-5-10-22)32-28(33)23-11-8-12-25(20-23)29(34,17-6-7-18-35-2)24-13-15-26(30)16-14-24/h8,11-16,20,22,27,31,34H,3-7,9-10,17-19,21H2,1-2H3,(H,32,33). The fraction of sp³-hybridized carbons (Fsp3) is 0.552. The average Bonchev–Trinajstić information content (AvgIpc) is 2.87. The third kappa shape index (κ3) is 7.86. The Bertz CT molecular complexity index is 914. The predicted molar refractivity (Wildman–Crippen MR) is 138 cm³/mol. The lowest BCUT2D eigenvalue weighted by molar-refractivity contribution is 0.0649. The van der Waals surface area contributed by atoms with Crippen LogP contribution in [-0.2, 0) is 10.3 Å². The molecule has 0 heterocycles. The van der Waals surface area contributed by atoms with E-state index in [1.54, 1.807) is 31.4 Å². The lowest BCUT2D eigenvalue weighted by Gasteiger charge is -2.30. The van der Waals surface area contributed by atoms with E-state index in [-0.39, 0.29) is 17.8 Å². The van der Waals surface area contributed by atoms with Gasteiger partial charge in [-0.05, 0) is 74.0 Å². The highest BCUT2D eigenvalue weighted by atomic mass is 19.1. The number of carbonyl (C=O) groups excluding carboxylic acids is 1. The van der Waals surface area contributed by atoms with E-state index in [4.69, 9.17) is 4.74 Å². The number of methoxy groups -OCH3 is 1. The summed E-state index contributed by atoms with van der Waals surface area (Å²) in [6, 6.07) is 13.2. The molecule has 6 heteroatoms. The number of ether oxygens (including phenoxy) is 1. The molecule has 192 valence electrons. The van der Waals surface area contributed by atoms with Crippen LogP contribution in [-0.4, -0.2) is 44.4 Å². The summed E-state index contributed by atoms with van der Waals surface area (Å²) in [5, 5.41) is 18.3. The second kappa shape index (κ2) is 13.7. The number of amides is 1. The minimum atomic E-state index is -1.33. The van der Waals surface area contributed by atoms with Crippen molar-refractivity contribution in [3.8, 4) is 0 Å². The largest absolute Gasteiger partial charge is 0.385 e. The summed E-state index contributed by atoms with van der Waals surface area (Å²) in [4.78, 5) is 13.2. The van der Waals surface area contributed by atoms with Crippen molar-refractivity contribution >= 4 is 5.91 Å². The van der Waals surface area contributed by atoms with Crippen LogP contribution in [0.3, 0.4) is 0 Å². The monoisotopic (exact) mass is 484 g/mol. The van der Waals surface area contributed by atoms with Gasteiger partial charge in [0.2, 0.25) is 0 Å². The van der Waals surface area contributed by atoms with Gasteiger partial charge in [0.05, 0.1) is 0 Å². The van der Waals surface area contributed by atoms with Gasteiger partial charge < -0.3 is 20.5 Å². The number of unbranched alkanes of at least 4 members (excludes halogenated alkanes) is 1. The number of benzene rings is 2. The van der Waals surface area contributed by atoms with Crippen LogP contribution in [0, 0.1) is 11.7 Å². The smallest absolute Gasteiger partial charge is 0.251 e. The van der Waals surface area contributed by atoms with Crippen LogP contribution >= 0.6 is 0 Å². The zero-order chi connectivity index (χ0) is 25.1. The molecule has 1 aliphatic carbocycles. The van der Waals surface area contributed by atoms with Crippen molar-refractivity contribution in [1.29, 1.82) is 0 Å². The second-order valence-electron chi connectivity index (χ2n) is 9.87. The Kier molecular flexibility index (Phi) is 10.7. The van der Waals surface area contributed by atoms with E-state index in [1.165, 1.54) is 44.2 Å². The van der Waals surface area contributed by atoms with Crippen molar-refractivity contribution in [2.24, 2.45) is 5.92 Å². The molecular formula is C29H41FN2O3. The van der Waals surface area contributed by atoms with Crippen molar-refractivity contribution < 1.29 is 19.0 Å². The first-order valence-corrected chi connectivity index (χ1v) is 13.0. The van der Waals surface area contributed by atoms with Gasteiger partial charge in [0, 0.05) is 31.9 Å². The van der Waals surface area contributed by atoms with E-state index in [0.29, 0.717) is 35.6 Å². The Morgan fingerprint density at radius 1 is 1.11 bits per heavy atom. The number of aliphatic hydroxyl groups is 1. The Balaban J connectivity index is 1.79. The predicted octanol–water partition coefficient (Wildman–Crippen LogP) is 5.17. The number of carbonyl (C=O) groups is 1. The van der Waals surface area contributed by atoms with Gasteiger partial charge in [0.15, 0.2) is 0 Å². The number of rotatable bonds is 13. The highest BCUT2D eigenvalue weighted by molar-refractivity contribution is 5.94. The first-order valence-electron chi connectivity index (χ1n) is 13.0. The molecule has 2 aromatic carbocycles. The third-order valence-corrected chi connectivity index (χ3v) is 7.19. The van der Waals surface area contributed by atoms with Gasteiger partial charge in [-0.2, -0.15) is 0 Å². The summed E-state index contributed by atoms with van der Waals surface area (Å²) in [7, 11) is 3.57. The SMILES string of the molecule is CNCC(CC1CCCCC1)NC(=O)c1cccc(C(O)(CCCCOC)c2ccc(F)cc2)c1. The lowest BCUT2D eigenvalue weighted by Crippen LogP contribution is -2.42. The third-order valence-electron chi connectivity index (χ3n) is 7.19. The zero-order valence-electron chi connectivity index (χ0n) is 21.2. The molecule has 1 aliphatic rings. The van der Waals surface area contributed by atoms with E-state index >= 15 is 0 Å².